The lowest BCUT2D eigenvalue weighted by atomic mass is 10.1. The maximum Gasteiger partial charge on any atom is 0.258 e. The van der Waals surface area contributed by atoms with Crippen molar-refractivity contribution in [1.29, 1.82) is 0 Å². The van der Waals surface area contributed by atoms with Crippen molar-refractivity contribution in [3.63, 3.8) is 0 Å². The first-order chi connectivity index (χ1) is 16.5. The fourth-order valence-corrected chi connectivity index (χ4v) is 3.64. The van der Waals surface area contributed by atoms with Gasteiger partial charge in [-0.3, -0.25) is 9.78 Å². The van der Waals surface area contributed by atoms with Crippen LogP contribution in [0.5, 0.6) is 0 Å². The average molecular weight is 475 g/mol. The van der Waals surface area contributed by atoms with Crippen molar-refractivity contribution in [1.82, 2.24) is 9.97 Å². The molecule has 4 aromatic rings. The van der Waals surface area contributed by atoms with Crippen LogP contribution in [0.25, 0.3) is 0 Å². The second kappa shape index (κ2) is 10.9. The molecule has 5 nitrogen and oxygen atoms in total. The number of hydrogen-bond donors (Lipinski definition) is 0. The van der Waals surface area contributed by atoms with Crippen LogP contribution in [-0.4, -0.2) is 29.5 Å². The van der Waals surface area contributed by atoms with Crippen LogP contribution in [0.4, 0.5) is 15.9 Å². The lowest BCUT2D eigenvalue weighted by Gasteiger charge is -2.24. The standard InChI is InChI=1S/C27H24ClFN4O/c1-32(17-15-24-4-2-3-16-30-24)26-14-5-20(18-31-26)19-33(25-12-10-23(29)11-13-25)27(34)21-6-8-22(28)9-7-21/h2-14,16,18H,15,17,19H2,1H3. The van der Waals surface area contributed by atoms with Gasteiger partial charge >= 0.3 is 0 Å². The van der Waals surface area contributed by atoms with Crippen LogP contribution < -0.4 is 9.80 Å². The number of likely N-dealkylation sites (N-methyl/N-ethyl adjacent to an activating group) is 1. The van der Waals surface area contributed by atoms with E-state index in [-0.39, 0.29) is 18.3 Å². The predicted molar refractivity (Wildman–Crippen MR) is 134 cm³/mol. The van der Waals surface area contributed by atoms with Gasteiger partial charge in [0.2, 0.25) is 0 Å². The summed E-state index contributed by atoms with van der Waals surface area (Å²) >= 11 is 5.98. The Morgan fingerprint density at radius 2 is 1.71 bits per heavy atom. The molecule has 0 aliphatic carbocycles. The van der Waals surface area contributed by atoms with Crippen molar-refractivity contribution in [2.75, 3.05) is 23.4 Å². The molecule has 1 amide bonds. The van der Waals surface area contributed by atoms with Crippen molar-refractivity contribution in [2.45, 2.75) is 13.0 Å². The number of halogens is 2. The Balaban J connectivity index is 1.50. The first kappa shape index (κ1) is 23.4. The second-order valence-electron chi connectivity index (χ2n) is 7.89. The highest BCUT2D eigenvalue weighted by Crippen LogP contribution is 2.22. The van der Waals surface area contributed by atoms with Gasteiger partial charge in [-0.2, -0.15) is 0 Å². The molecule has 0 bridgehead atoms. The van der Waals surface area contributed by atoms with Gasteiger partial charge in [-0.05, 0) is 72.3 Å². The molecule has 2 aromatic heterocycles. The third-order valence-corrected chi connectivity index (χ3v) is 5.70. The average Bonchev–Trinajstić information content (AvgIpc) is 2.87. The molecule has 172 valence electrons. The van der Waals surface area contributed by atoms with Gasteiger partial charge in [0.1, 0.15) is 11.6 Å². The van der Waals surface area contributed by atoms with E-state index >= 15 is 0 Å². The maximum absolute atomic E-state index is 13.5. The number of nitrogens with zero attached hydrogens (tertiary/aromatic N) is 4. The van der Waals surface area contributed by atoms with Gasteiger partial charge < -0.3 is 9.80 Å². The summed E-state index contributed by atoms with van der Waals surface area (Å²) in [5, 5.41) is 0.553. The van der Waals surface area contributed by atoms with E-state index in [0.29, 0.717) is 16.3 Å². The molecule has 4 rings (SSSR count). The number of aromatic nitrogens is 2. The van der Waals surface area contributed by atoms with Crippen LogP contribution in [0, 0.1) is 5.82 Å². The zero-order chi connectivity index (χ0) is 23.9. The molecule has 7 heteroatoms. The van der Waals surface area contributed by atoms with Crippen molar-refractivity contribution in [3.05, 3.63) is 119 Å². The van der Waals surface area contributed by atoms with Crippen LogP contribution in [0.15, 0.2) is 91.3 Å². The van der Waals surface area contributed by atoms with Crippen molar-refractivity contribution in [2.24, 2.45) is 0 Å². The molecule has 0 unspecified atom stereocenters. The second-order valence-corrected chi connectivity index (χ2v) is 8.33. The van der Waals surface area contributed by atoms with Crippen LogP contribution >= 0.6 is 11.6 Å². The molecule has 2 heterocycles. The van der Waals surface area contributed by atoms with E-state index in [2.05, 4.69) is 14.9 Å². The molecular weight excluding hydrogens is 451 g/mol. The van der Waals surface area contributed by atoms with Crippen molar-refractivity contribution in [3.8, 4) is 0 Å². The smallest absolute Gasteiger partial charge is 0.258 e. The van der Waals surface area contributed by atoms with Crippen molar-refractivity contribution >= 4 is 29.0 Å². The van der Waals surface area contributed by atoms with E-state index in [4.69, 9.17) is 11.6 Å². The minimum absolute atomic E-state index is 0.208. The van der Waals surface area contributed by atoms with Crippen molar-refractivity contribution < 1.29 is 9.18 Å². The van der Waals surface area contributed by atoms with Crippen LogP contribution in [-0.2, 0) is 13.0 Å². The van der Waals surface area contributed by atoms with E-state index in [1.807, 2.05) is 37.4 Å². The highest BCUT2D eigenvalue weighted by atomic mass is 35.5. The highest BCUT2D eigenvalue weighted by molar-refractivity contribution is 6.30. The number of hydrogen-bond acceptors (Lipinski definition) is 4. The molecule has 0 spiro atoms. The third-order valence-electron chi connectivity index (χ3n) is 5.45. The molecule has 0 aliphatic rings. The fourth-order valence-electron chi connectivity index (χ4n) is 3.51. The Bertz CT molecular complexity index is 1220. The molecular formula is C27H24ClFN4O. The normalized spacial score (nSPS) is 10.7. The molecule has 0 fully saturated rings. The lowest BCUT2D eigenvalue weighted by molar-refractivity contribution is 0.0985. The topological polar surface area (TPSA) is 49.3 Å². The summed E-state index contributed by atoms with van der Waals surface area (Å²) in [6.07, 6.45) is 4.37. The molecule has 0 aliphatic heterocycles. The minimum atomic E-state index is -0.359. The van der Waals surface area contributed by atoms with Gasteiger partial charge in [0.05, 0.1) is 6.54 Å². The zero-order valence-corrected chi connectivity index (χ0v) is 19.5. The van der Waals surface area contributed by atoms with Crippen LogP contribution in [0.3, 0.4) is 0 Å². The summed E-state index contributed by atoms with van der Waals surface area (Å²) in [6.45, 7) is 1.07. The first-order valence-electron chi connectivity index (χ1n) is 10.9. The van der Waals surface area contributed by atoms with Gasteiger partial charge in [0, 0.05) is 54.4 Å². The Morgan fingerprint density at radius 3 is 2.35 bits per heavy atom. The Morgan fingerprint density at radius 1 is 0.941 bits per heavy atom. The minimum Gasteiger partial charge on any atom is -0.359 e. The summed E-state index contributed by atoms with van der Waals surface area (Å²) in [7, 11) is 1.99. The van der Waals surface area contributed by atoms with Gasteiger partial charge in [0.25, 0.3) is 5.91 Å². The molecule has 0 N–H and O–H groups in total. The van der Waals surface area contributed by atoms with Crippen LogP contribution in [0.2, 0.25) is 5.02 Å². The number of rotatable bonds is 8. The number of anilines is 2. The lowest BCUT2D eigenvalue weighted by Crippen LogP contribution is -2.30. The molecule has 0 saturated heterocycles. The quantitative estimate of drug-likeness (QED) is 0.324. The monoisotopic (exact) mass is 474 g/mol. The number of amides is 1. The van der Waals surface area contributed by atoms with Crippen LogP contribution in [0.1, 0.15) is 21.6 Å². The van der Waals surface area contributed by atoms with E-state index in [1.165, 1.54) is 12.1 Å². The highest BCUT2D eigenvalue weighted by Gasteiger charge is 2.19. The number of benzene rings is 2. The summed E-state index contributed by atoms with van der Waals surface area (Å²) in [6, 6.07) is 22.4. The summed E-state index contributed by atoms with van der Waals surface area (Å²) in [5.41, 5.74) is 2.97. The third kappa shape index (κ3) is 5.97. The Labute approximate surface area is 203 Å². The number of pyridine rings is 2. The largest absolute Gasteiger partial charge is 0.359 e. The predicted octanol–water partition coefficient (Wildman–Crippen LogP) is 5.80. The Hall–Kier alpha value is -3.77. The van der Waals surface area contributed by atoms with Gasteiger partial charge in [0.15, 0.2) is 0 Å². The van der Waals surface area contributed by atoms with Gasteiger partial charge in [-0.25, -0.2) is 9.37 Å². The maximum atomic E-state index is 13.5. The molecule has 34 heavy (non-hydrogen) atoms. The summed E-state index contributed by atoms with van der Waals surface area (Å²) < 4.78 is 13.5. The SMILES string of the molecule is CN(CCc1ccccn1)c1ccc(CN(C(=O)c2ccc(Cl)cc2)c2ccc(F)cc2)cn1. The fraction of sp³-hybridized carbons (Fsp3) is 0.148. The van der Waals surface area contributed by atoms with Gasteiger partial charge in [-0.1, -0.05) is 23.7 Å². The molecule has 0 radical (unpaired) electrons. The van der Waals surface area contributed by atoms with E-state index in [9.17, 15) is 9.18 Å². The van der Waals surface area contributed by atoms with Gasteiger partial charge in [-0.15, -0.1) is 0 Å². The van der Waals surface area contributed by atoms with E-state index in [0.717, 1.165) is 30.0 Å². The molecule has 0 saturated carbocycles. The van der Waals surface area contributed by atoms with E-state index < -0.39 is 0 Å². The van der Waals surface area contributed by atoms with E-state index in [1.54, 1.807) is 53.7 Å². The molecule has 0 atom stereocenters. The first-order valence-corrected chi connectivity index (χ1v) is 11.3. The number of carbonyl (C=O) groups excluding carboxylic acids is 1. The molecule has 2 aromatic carbocycles. The Kier molecular flexibility index (Phi) is 7.50. The zero-order valence-electron chi connectivity index (χ0n) is 18.7. The summed E-state index contributed by atoms with van der Waals surface area (Å²) in [5.74, 6) is 0.263. The summed E-state index contributed by atoms with van der Waals surface area (Å²) in [4.78, 5) is 25.9. The number of carbonyl (C=O) groups is 1.